The van der Waals surface area contributed by atoms with Gasteiger partial charge in [-0.15, -0.1) is 0 Å². The monoisotopic (exact) mass is 766 g/mol. The highest BCUT2D eigenvalue weighted by Crippen LogP contribution is 2.34. The van der Waals surface area contributed by atoms with Crippen LogP contribution < -0.4 is 20.5 Å². The van der Waals surface area contributed by atoms with Gasteiger partial charge in [-0.05, 0) is 112 Å². The first-order chi connectivity index (χ1) is 24.2. The molecule has 0 unspecified atom stereocenters. The lowest BCUT2D eigenvalue weighted by atomic mass is 10.0. The smallest absolute Gasteiger partial charge is 0.264 e. The minimum absolute atomic E-state index is 0.0217. The molecule has 0 bridgehead atoms. The molecule has 2 aliphatic heterocycles. The lowest BCUT2D eigenvalue weighted by molar-refractivity contribution is 0.113. The fourth-order valence-corrected chi connectivity index (χ4v) is 8.39. The Morgan fingerprint density at radius 2 is 1.12 bits per heavy atom. The van der Waals surface area contributed by atoms with Crippen molar-refractivity contribution in [3.63, 3.8) is 0 Å². The molecule has 0 saturated carbocycles. The predicted molar refractivity (Wildman–Crippen MR) is 187 cm³/mol. The molecule has 0 aromatic heterocycles. The molecular weight excluding hydrogens is 727 g/mol. The molecule has 4 aromatic rings. The lowest BCUT2D eigenvalue weighted by Crippen LogP contribution is -2.32. The number of nitrogens with one attached hydrogen (secondary N) is 1. The highest BCUT2D eigenvalue weighted by Gasteiger charge is 2.26. The molecule has 0 saturated heterocycles. The summed E-state index contributed by atoms with van der Waals surface area (Å²) in [6, 6.07) is 19.2. The predicted octanol–water partition coefficient (Wildman–Crippen LogP) is 4.47. The first-order valence-corrected chi connectivity index (χ1v) is 20.6. The largest absolute Gasteiger partial charge is 0.489 e. The maximum absolute atomic E-state index is 13.4. The molecule has 11 nitrogen and oxygen atoms in total. The molecule has 0 spiro atoms. The second-order valence-electron chi connectivity index (χ2n) is 11.6. The van der Waals surface area contributed by atoms with Crippen molar-refractivity contribution in [2.45, 2.75) is 57.5 Å². The van der Waals surface area contributed by atoms with Crippen LogP contribution in [0.1, 0.15) is 24.0 Å². The fraction of sp³-hybridized carbons (Fsp3) is 0.314. The molecule has 0 amide bonds. The summed E-state index contributed by atoms with van der Waals surface area (Å²) in [4.78, 5) is -0.108. The van der Waals surface area contributed by atoms with E-state index in [-0.39, 0.29) is 32.3 Å². The number of rotatable bonds is 9. The Bertz CT molecular complexity index is 2160. The van der Waals surface area contributed by atoms with Crippen LogP contribution in [0.4, 0.5) is 8.78 Å². The van der Waals surface area contributed by atoms with Crippen LogP contribution in [0.2, 0.25) is 0 Å². The van der Waals surface area contributed by atoms with Crippen molar-refractivity contribution in [2.24, 2.45) is 5.73 Å². The second kappa shape index (κ2) is 17.1. The molecule has 16 heteroatoms. The SMILES string of the molecule is CN.CNC[C@H]1CCc2ccc(S(=O)(=O)c3cccc(F)c3)cc2O1.CS(=O)(=O)OC[C@H]1CCc2ccc(S(=O)(=O)c3cccc(F)c3)cc2O1. The average molecular weight is 767 g/mol. The summed E-state index contributed by atoms with van der Waals surface area (Å²) in [7, 11) is -7.89. The molecule has 276 valence electrons. The minimum Gasteiger partial charge on any atom is -0.489 e. The van der Waals surface area contributed by atoms with Gasteiger partial charge in [0.1, 0.15) is 41.9 Å². The van der Waals surface area contributed by atoms with Crippen LogP contribution in [0.15, 0.2) is 105 Å². The summed E-state index contributed by atoms with van der Waals surface area (Å²) in [6.45, 7) is 0.569. The highest BCUT2D eigenvalue weighted by molar-refractivity contribution is 7.91. The van der Waals surface area contributed by atoms with Crippen molar-refractivity contribution in [3.05, 3.63) is 108 Å². The Balaban J connectivity index is 0.000000220. The van der Waals surface area contributed by atoms with Crippen LogP contribution in [0.5, 0.6) is 11.5 Å². The van der Waals surface area contributed by atoms with Gasteiger partial charge in [0.25, 0.3) is 10.1 Å². The van der Waals surface area contributed by atoms with Crippen LogP contribution in [0, 0.1) is 11.6 Å². The maximum atomic E-state index is 13.4. The number of hydrogen-bond acceptors (Lipinski definition) is 11. The van der Waals surface area contributed by atoms with Gasteiger partial charge in [0.05, 0.1) is 25.8 Å². The van der Waals surface area contributed by atoms with E-state index in [9.17, 15) is 34.0 Å². The molecule has 6 rings (SSSR count). The van der Waals surface area contributed by atoms with E-state index in [2.05, 4.69) is 11.1 Å². The van der Waals surface area contributed by atoms with Gasteiger partial charge in [0, 0.05) is 6.54 Å². The van der Waals surface area contributed by atoms with E-state index in [0.717, 1.165) is 42.4 Å². The van der Waals surface area contributed by atoms with Gasteiger partial charge in [-0.25, -0.2) is 25.6 Å². The molecule has 3 N–H and O–H groups in total. The van der Waals surface area contributed by atoms with Gasteiger partial charge < -0.3 is 20.5 Å². The van der Waals surface area contributed by atoms with Gasteiger partial charge >= 0.3 is 0 Å². The van der Waals surface area contributed by atoms with E-state index in [1.165, 1.54) is 61.6 Å². The van der Waals surface area contributed by atoms with Crippen molar-refractivity contribution in [3.8, 4) is 11.5 Å². The van der Waals surface area contributed by atoms with Gasteiger partial charge in [-0.1, -0.05) is 24.3 Å². The Kier molecular flexibility index (Phi) is 13.3. The standard InChI is InChI=1S/C17H18FNO3S.C17H17FO6S2.CH5N/c1-19-11-14-7-5-12-6-8-16(10-17(12)22-14)23(20,21)15-4-2-3-13(18)9-15;1-25(19,20)23-11-14-7-5-12-6-8-16(10-17(12)24-14)26(21,22)15-4-2-3-13(18)9-15;1-2/h2-4,6,8-10,14,19H,5,7,11H2,1H3;2-4,6,8-10,14H,5,7,11H2,1H3;2H2,1H3/t2*14-;/m11./s1. The molecule has 2 aliphatic rings. The van der Waals surface area contributed by atoms with Crippen molar-refractivity contribution in [1.29, 1.82) is 0 Å². The molecule has 2 atom stereocenters. The number of fused-ring (bicyclic) bond motifs is 2. The molecule has 4 aromatic carbocycles. The van der Waals surface area contributed by atoms with Crippen molar-refractivity contribution in [2.75, 3.05) is 33.5 Å². The molecule has 0 fully saturated rings. The van der Waals surface area contributed by atoms with Gasteiger partial charge in [0.15, 0.2) is 0 Å². The zero-order valence-corrected chi connectivity index (χ0v) is 30.7. The van der Waals surface area contributed by atoms with E-state index in [0.29, 0.717) is 30.9 Å². The van der Waals surface area contributed by atoms with Crippen molar-refractivity contribution >= 4 is 29.8 Å². The van der Waals surface area contributed by atoms with Crippen molar-refractivity contribution < 1.29 is 47.7 Å². The van der Waals surface area contributed by atoms with Crippen LogP contribution in [0.3, 0.4) is 0 Å². The highest BCUT2D eigenvalue weighted by atomic mass is 32.2. The summed E-state index contributed by atoms with van der Waals surface area (Å²) in [5.74, 6) is -0.266. The van der Waals surface area contributed by atoms with Gasteiger partial charge in [-0.2, -0.15) is 8.42 Å². The Morgan fingerprint density at radius 1 is 0.686 bits per heavy atom. The number of hydrogen-bond donors (Lipinski definition) is 2. The van der Waals surface area contributed by atoms with Gasteiger partial charge in [0.2, 0.25) is 19.7 Å². The van der Waals surface area contributed by atoms with E-state index in [4.69, 9.17) is 13.7 Å². The number of nitrogens with two attached hydrogens (primary N) is 1. The third-order valence-electron chi connectivity index (χ3n) is 7.87. The van der Waals surface area contributed by atoms with E-state index in [1.807, 2.05) is 7.05 Å². The number of halogens is 2. The number of likely N-dealkylation sites (N-methyl/N-ethyl adjacent to an activating group) is 1. The lowest BCUT2D eigenvalue weighted by Gasteiger charge is -2.26. The third-order valence-corrected chi connectivity index (χ3v) is 11.9. The maximum Gasteiger partial charge on any atom is 0.264 e. The topological polar surface area (TPSA) is 168 Å². The summed E-state index contributed by atoms with van der Waals surface area (Å²) >= 11 is 0. The van der Waals surface area contributed by atoms with Crippen LogP contribution in [-0.2, 0) is 46.8 Å². The summed E-state index contributed by atoms with van der Waals surface area (Å²) in [5.41, 5.74) is 6.31. The summed E-state index contributed by atoms with van der Waals surface area (Å²) in [6.07, 6.45) is 3.38. The van der Waals surface area contributed by atoms with Crippen LogP contribution in [-0.4, -0.2) is 71.0 Å². The second-order valence-corrected chi connectivity index (χ2v) is 17.1. The fourth-order valence-electron chi connectivity index (χ4n) is 5.38. The zero-order valence-electron chi connectivity index (χ0n) is 28.2. The Morgan fingerprint density at radius 3 is 1.55 bits per heavy atom. The zero-order chi connectivity index (χ0) is 37.4. The van der Waals surface area contributed by atoms with E-state index >= 15 is 0 Å². The minimum atomic E-state index is -3.90. The average Bonchev–Trinajstić information content (AvgIpc) is 3.11. The normalized spacial score (nSPS) is 16.8. The van der Waals surface area contributed by atoms with Crippen LogP contribution in [0.25, 0.3) is 0 Å². The molecular formula is C35H40F2N2O9S3. The third kappa shape index (κ3) is 10.3. The van der Waals surface area contributed by atoms with Crippen molar-refractivity contribution in [1.82, 2.24) is 5.32 Å². The first-order valence-electron chi connectivity index (χ1n) is 15.8. The first kappa shape index (κ1) is 39.8. The van der Waals surface area contributed by atoms with E-state index in [1.54, 1.807) is 18.2 Å². The number of ether oxygens (including phenoxy) is 2. The molecule has 2 heterocycles. The molecule has 0 aliphatic carbocycles. The summed E-state index contributed by atoms with van der Waals surface area (Å²) in [5, 5.41) is 3.06. The quantitative estimate of drug-likeness (QED) is 0.231. The number of benzene rings is 4. The van der Waals surface area contributed by atoms with E-state index < -0.39 is 47.5 Å². The molecule has 51 heavy (non-hydrogen) atoms. The summed E-state index contributed by atoms with van der Waals surface area (Å²) < 4.78 is 116. The molecule has 0 radical (unpaired) electrons. The van der Waals surface area contributed by atoms with Crippen LogP contribution >= 0.6 is 0 Å². The Labute approximate surface area is 297 Å². The Hall–Kier alpha value is -3.93. The number of aryl methyl sites for hydroxylation is 2. The van der Waals surface area contributed by atoms with Gasteiger partial charge in [-0.3, -0.25) is 4.18 Å². The number of sulfone groups is 2.